The summed E-state index contributed by atoms with van der Waals surface area (Å²) in [7, 11) is 4.57. The third-order valence-corrected chi connectivity index (χ3v) is 4.33. The molecule has 0 saturated carbocycles. The molecular formula is C15H13Cl3O3. The van der Waals surface area contributed by atoms with Gasteiger partial charge in [-0.15, -0.1) is 0 Å². The quantitative estimate of drug-likeness (QED) is 0.699. The standard InChI is InChI=1S/C15H13Cl3O3/c1-19-9-7-5-4-6-8(9)10-11(16)12(17)13(18)15(21-3)14(10)20-2/h4-7H,1-3H3. The van der Waals surface area contributed by atoms with Crippen LogP contribution in [0.25, 0.3) is 11.1 Å². The molecule has 0 N–H and O–H groups in total. The van der Waals surface area contributed by atoms with Crippen LogP contribution < -0.4 is 14.2 Å². The molecule has 0 saturated heterocycles. The summed E-state index contributed by atoms with van der Waals surface area (Å²) in [5.41, 5.74) is 1.31. The van der Waals surface area contributed by atoms with E-state index in [0.29, 0.717) is 22.8 Å². The molecule has 2 aromatic rings. The van der Waals surface area contributed by atoms with Crippen LogP contribution in [0.15, 0.2) is 24.3 Å². The molecule has 6 heteroatoms. The van der Waals surface area contributed by atoms with E-state index in [1.165, 1.54) is 14.2 Å². The molecular weight excluding hydrogens is 335 g/mol. The van der Waals surface area contributed by atoms with Gasteiger partial charge >= 0.3 is 0 Å². The lowest BCUT2D eigenvalue weighted by atomic mass is 10.0. The first kappa shape index (κ1) is 16.1. The number of ether oxygens (including phenoxy) is 3. The molecule has 3 nitrogen and oxygen atoms in total. The summed E-state index contributed by atoms with van der Waals surface area (Å²) in [4.78, 5) is 0. The van der Waals surface area contributed by atoms with Gasteiger partial charge in [-0.05, 0) is 6.07 Å². The number of rotatable bonds is 4. The summed E-state index contributed by atoms with van der Waals surface area (Å²) >= 11 is 18.7. The van der Waals surface area contributed by atoms with Crippen molar-refractivity contribution in [3.8, 4) is 28.4 Å². The Bertz CT molecular complexity index is 672. The third kappa shape index (κ3) is 2.73. The molecule has 0 radical (unpaired) electrons. The fourth-order valence-corrected chi connectivity index (χ4v) is 2.86. The minimum Gasteiger partial charge on any atom is -0.496 e. The summed E-state index contributed by atoms with van der Waals surface area (Å²) in [6.45, 7) is 0. The molecule has 0 aromatic heterocycles. The van der Waals surface area contributed by atoms with Crippen molar-refractivity contribution in [1.29, 1.82) is 0 Å². The normalized spacial score (nSPS) is 10.4. The summed E-state index contributed by atoms with van der Waals surface area (Å²) in [6, 6.07) is 7.40. The monoisotopic (exact) mass is 346 g/mol. The molecule has 0 unspecified atom stereocenters. The van der Waals surface area contributed by atoms with Gasteiger partial charge in [0, 0.05) is 5.56 Å². The van der Waals surface area contributed by atoms with Gasteiger partial charge in [0.1, 0.15) is 10.8 Å². The lowest BCUT2D eigenvalue weighted by Gasteiger charge is -2.19. The van der Waals surface area contributed by atoms with Crippen molar-refractivity contribution in [1.82, 2.24) is 0 Å². The van der Waals surface area contributed by atoms with E-state index < -0.39 is 0 Å². The number of halogens is 3. The molecule has 112 valence electrons. The Kier molecular flexibility index (Phi) is 5.09. The molecule has 0 fully saturated rings. The van der Waals surface area contributed by atoms with Crippen LogP contribution in [0.5, 0.6) is 17.2 Å². The van der Waals surface area contributed by atoms with E-state index in [2.05, 4.69) is 0 Å². The number of methoxy groups -OCH3 is 3. The van der Waals surface area contributed by atoms with E-state index in [9.17, 15) is 0 Å². The first-order valence-corrected chi connectivity index (χ1v) is 7.12. The lowest BCUT2D eigenvalue weighted by Crippen LogP contribution is -1.98. The summed E-state index contributed by atoms with van der Waals surface area (Å²) in [5, 5.41) is 0.695. The average molecular weight is 348 g/mol. The number of para-hydroxylation sites is 1. The molecule has 0 aliphatic rings. The second-order valence-corrected chi connectivity index (χ2v) is 5.22. The number of hydrogen-bond acceptors (Lipinski definition) is 3. The lowest BCUT2D eigenvalue weighted by molar-refractivity contribution is 0.356. The summed E-state index contributed by atoms with van der Waals surface area (Å²) in [5.74, 6) is 1.37. The minimum atomic E-state index is 0.205. The SMILES string of the molecule is COc1ccccc1-c1c(Cl)c(Cl)c(Cl)c(OC)c1OC. The van der Waals surface area contributed by atoms with Gasteiger partial charge in [-0.3, -0.25) is 0 Å². The third-order valence-electron chi connectivity index (χ3n) is 3.02. The van der Waals surface area contributed by atoms with E-state index in [1.54, 1.807) is 7.11 Å². The van der Waals surface area contributed by atoms with Crippen LogP contribution in [0.4, 0.5) is 0 Å². The Labute approximate surface area is 138 Å². The van der Waals surface area contributed by atoms with Crippen LogP contribution in [0, 0.1) is 0 Å². The van der Waals surface area contributed by atoms with E-state index in [0.717, 1.165) is 5.56 Å². The zero-order valence-corrected chi connectivity index (χ0v) is 13.9. The van der Waals surface area contributed by atoms with Crippen LogP contribution in [0.2, 0.25) is 15.1 Å². The van der Waals surface area contributed by atoms with Gasteiger partial charge in [0.2, 0.25) is 0 Å². The Hall–Kier alpha value is -1.29. The molecule has 0 aliphatic heterocycles. The van der Waals surface area contributed by atoms with Gasteiger partial charge in [-0.25, -0.2) is 0 Å². The van der Waals surface area contributed by atoms with Gasteiger partial charge in [-0.1, -0.05) is 53.0 Å². The Morgan fingerprint density at radius 1 is 0.714 bits per heavy atom. The van der Waals surface area contributed by atoms with Crippen LogP contribution in [0.1, 0.15) is 0 Å². The fraction of sp³-hybridized carbons (Fsp3) is 0.200. The van der Waals surface area contributed by atoms with Gasteiger partial charge in [-0.2, -0.15) is 0 Å². The molecule has 2 rings (SSSR count). The Morgan fingerprint density at radius 3 is 1.90 bits per heavy atom. The highest BCUT2D eigenvalue weighted by Gasteiger charge is 2.25. The van der Waals surface area contributed by atoms with Crippen molar-refractivity contribution in [3.05, 3.63) is 39.3 Å². The van der Waals surface area contributed by atoms with E-state index in [1.807, 2.05) is 24.3 Å². The highest BCUT2D eigenvalue weighted by Crippen LogP contribution is 2.53. The zero-order chi connectivity index (χ0) is 15.6. The average Bonchev–Trinajstić information content (AvgIpc) is 2.52. The van der Waals surface area contributed by atoms with Gasteiger partial charge in [0.15, 0.2) is 11.5 Å². The largest absolute Gasteiger partial charge is 0.496 e. The summed E-state index contributed by atoms with van der Waals surface area (Å²) < 4.78 is 16.1. The predicted molar refractivity (Wildman–Crippen MR) is 86.6 cm³/mol. The second-order valence-electron chi connectivity index (χ2n) is 4.08. The maximum Gasteiger partial charge on any atom is 0.181 e. The fourth-order valence-electron chi connectivity index (χ4n) is 2.09. The minimum absolute atomic E-state index is 0.205. The Morgan fingerprint density at radius 2 is 1.33 bits per heavy atom. The van der Waals surface area contributed by atoms with Crippen molar-refractivity contribution in [2.75, 3.05) is 21.3 Å². The smallest absolute Gasteiger partial charge is 0.181 e. The molecule has 0 atom stereocenters. The van der Waals surface area contributed by atoms with Crippen LogP contribution >= 0.6 is 34.8 Å². The van der Waals surface area contributed by atoms with Gasteiger partial charge < -0.3 is 14.2 Å². The molecule has 21 heavy (non-hydrogen) atoms. The summed E-state index contributed by atoms with van der Waals surface area (Å²) in [6.07, 6.45) is 0. The van der Waals surface area contributed by atoms with Crippen LogP contribution in [0.3, 0.4) is 0 Å². The van der Waals surface area contributed by atoms with Gasteiger partial charge in [0.25, 0.3) is 0 Å². The predicted octanol–water partition coefficient (Wildman–Crippen LogP) is 5.34. The molecule has 0 heterocycles. The van der Waals surface area contributed by atoms with Crippen molar-refractivity contribution in [3.63, 3.8) is 0 Å². The van der Waals surface area contributed by atoms with E-state index >= 15 is 0 Å². The molecule has 0 bridgehead atoms. The van der Waals surface area contributed by atoms with Gasteiger partial charge in [0.05, 0.1) is 36.9 Å². The highest BCUT2D eigenvalue weighted by molar-refractivity contribution is 6.50. The van der Waals surface area contributed by atoms with Crippen molar-refractivity contribution < 1.29 is 14.2 Å². The molecule has 2 aromatic carbocycles. The second kappa shape index (κ2) is 6.65. The molecule has 0 aliphatic carbocycles. The van der Waals surface area contributed by atoms with Crippen LogP contribution in [-0.2, 0) is 0 Å². The first-order valence-electron chi connectivity index (χ1n) is 5.98. The molecule has 0 spiro atoms. The van der Waals surface area contributed by atoms with Crippen molar-refractivity contribution in [2.45, 2.75) is 0 Å². The maximum atomic E-state index is 6.37. The van der Waals surface area contributed by atoms with E-state index in [-0.39, 0.29) is 15.1 Å². The Balaban J connectivity index is 2.88. The number of benzene rings is 2. The van der Waals surface area contributed by atoms with Crippen molar-refractivity contribution >= 4 is 34.8 Å². The van der Waals surface area contributed by atoms with Crippen LogP contribution in [-0.4, -0.2) is 21.3 Å². The zero-order valence-electron chi connectivity index (χ0n) is 11.7. The maximum absolute atomic E-state index is 6.37. The highest BCUT2D eigenvalue weighted by atomic mass is 35.5. The molecule has 0 amide bonds. The topological polar surface area (TPSA) is 27.7 Å². The number of hydrogen-bond donors (Lipinski definition) is 0. The van der Waals surface area contributed by atoms with Crippen molar-refractivity contribution in [2.24, 2.45) is 0 Å². The van der Waals surface area contributed by atoms with E-state index in [4.69, 9.17) is 49.0 Å². The first-order chi connectivity index (χ1) is 10.1.